The van der Waals surface area contributed by atoms with Gasteiger partial charge in [0.1, 0.15) is 5.82 Å². The van der Waals surface area contributed by atoms with Gasteiger partial charge in [0, 0.05) is 6.07 Å². The Balaban J connectivity index is 3.14. The van der Waals surface area contributed by atoms with E-state index in [0.717, 1.165) is 6.07 Å². The van der Waals surface area contributed by atoms with Gasteiger partial charge < -0.3 is 0 Å². The van der Waals surface area contributed by atoms with E-state index in [1.54, 1.807) is 0 Å². The predicted octanol–water partition coefficient (Wildman–Crippen LogP) is 2.56. The van der Waals surface area contributed by atoms with E-state index in [1.165, 1.54) is 18.2 Å². The monoisotopic (exact) mass is 215 g/mol. The van der Waals surface area contributed by atoms with E-state index in [0.29, 0.717) is 4.47 Å². The third-order valence-electron chi connectivity index (χ3n) is 1.08. The van der Waals surface area contributed by atoms with Crippen molar-refractivity contribution in [1.29, 1.82) is 0 Å². The Hall–Kier alpha value is -0.990. The predicted molar refractivity (Wildman–Crippen MR) is 41.9 cm³/mol. The van der Waals surface area contributed by atoms with Crippen molar-refractivity contribution in [3.05, 3.63) is 28.5 Å². The number of nitrogens with zero attached hydrogens (tertiary/aromatic N) is 1. The van der Waals surface area contributed by atoms with E-state index < -0.39 is 5.82 Å². The van der Waals surface area contributed by atoms with Crippen molar-refractivity contribution >= 4 is 27.7 Å². The zero-order chi connectivity index (χ0) is 8.27. The van der Waals surface area contributed by atoms with Crippen molar-refractivity contribution in [2.75, 3.05) is 0 Å². The molecule has 4 heteroatoms. The molecule has 0 bridgehead atoms. The fourth-order valence-electron chi connectivity index (χ4n) is 0.607. The number of rotatable bonds is 1. The van der Waals surface area contributed by atoms with Gasteiger partial charge in [-0.05, 0) is 28.1 Å². The fourth-order valence-corrected chi connectivity index (χ4v) is 0.854. The third-order valence-corrected chi connectivity index (χ3v) is 1.72. The second-order valence-corrected chi connectivity index (χ2v) is 2.66. The molecule has 0 N–H and O–H groups in total. The maximum atomic E-state index is 12.7. The largest absolute Gasteiger partial charge is 0.240 e. The highest BCUT2D eigenvalue weighted by Crippen LogP contribution is 2.20. The molecule has 1 aromatic rings. The van der Waals surface area contributed by atoms with Gasteiger partial charge in [-0.2, -0.15) is 4.99 Å². The first-order valence-corrected chi connectivity index (χ1v) is 3.56. The van der Waals surface area contributed by atoms with E-state index in [2.05, 4.69) is 20.9 Å². The van der Waals surface area contributed by atoms with Crippen molar-refractivity contribution in [2.45, 2.75) is 0 Å². The number of hydrogen-bond acceptors (Lipinski definition) is 2. The molecule has 0 radical (unpaired) electrons. The molecule has 0 fully saturated rings. The molecule has 0 spiro atoms. The summed E-state index contributed by atoms with van der Waals surface area (Å²) in [6.07, 6.45) is 1.32. The van der Waals surface area contributed by atoms with Crippen LogP contribution in [0, 0.1) is 5.82 Å². The standard InChI is InChI=1S/C7H3BrFNO/c8-6-2-1-5(10-4-11)3-7(6)9/h1-3H. The maximum absolute atomic E-state index is 12.7. The van der Waals surface area contributed by atoms with Crippen molar-refractivity contribution in [2.24, 2.45) is 4.99 Å². The Morgan fingerprint density at radius 1 is 1.55 bits per heavy atom. The quantitative estimate of drug-likeness (QED) is 0.523. The van der Waals surface area contributed by atoms with Crippen LogP contribution in [0.25, 0.3) is 0 Å². The molecule has 0 aromatic heterocycles. The number of aliphatic imine (C=N–C) groups is 1. The van der Waals surface area contributed by atoms with E-state index in [-0.39, 0.29) is 5.69 Å². The minimum atomic E-state index is -0.443. The first-order valence-electron chi connectivity index (χ1n) is 2.77. The summed E-state index contributed by atoms with van der Waals surface area (Å²) in [6.45, 7) is 0. The molecule has 11 heavy (non-hydrogen) atoms. The van der Waals surface area contributed by atoms with Gasteiger partial charge in [0.05, 0.1) is 10.2 Å². The number of isocyanates is 1. The summed E-state index contributed by atoms with van der Waals surface area (Å²) in [6, 6.07) is 4.14. The third kappa shape index (κ3) is 1.97. The van der Waals surface area contributed by atoms with Crippen molar-refractivity contribution < 1.29 is 9.18 Å². The van der Waals surface area contributed by atoms with Crippen LogP contribution in [-0.4, -0.2) is 6.08 Å². The fraction of sp³-hybridized carbons (Fsp3) is 0. The van der Waals surface area contributed by atoms with Crippen LogP contribution < -0.4 is 0 Å². The molecule has 0 aliphatic carbocycles. The number of halogens is 2. The Kier molecular flexibility index (Phi) is 2.52. The summed E-state index contributed by atoms with van der Waals surface area (Å²) in [7, 11) is 0. The summed E-state index contributed by atoms with van der Waals surface area (Å²) in [5.41, 5.74) is 0.265. The Bertz CT molecular complexity index is 320. The lowest BCUT2D eigenvalue weighted by Crippen LogP contribution is -1.74. The van der Waals surface area contributed by atoms with Gasteiger partial charge in [0.15, 0.2) is 0 Å². The molecular formula is C7H3BrFNO. The van der Waals surface area contributed by atoms with Gasteiger partial charge in [0.25, 0.3) is 0 Å². The normalized spacial score (nSPS) is 8.91. The van der Waals surface area contributed by atoms with Crippen LogP contribution in [0.15, 0.2) is 27.7 Å². The summed E-state index contributed by atoms with van der Waals surface area (Å²) in [4.78, 5) is 13.0. The van der Waals surface area contributed by atoms with Crippen molar-refractivity contribution in [3.8, 4) is 0 Å². The SMILES string of the molecule is O=C=Nc1ccc(Br)c(F)c1. The Morgan fingerprint density at radius 3 is 2.82 bits per heavy atom. The number of carbonyl (C=O) groups excluding carboxylic acids is 1. The lowest BCUT2D eigenvalue weighted by Gasteiger charge is -1.92. The van der Waals surface area contributed by atoms with Gasteiger partial charge in [-0.3, -0.25) is 0 Å². The highest BCUT2D eigenvalue weighted by Gasteiger charge is 1.98. The minimum absolute atomic E-state index is 0.265. The van der Waals surface area contributed by atoms with Gasteiger partial charge in [-0.1, -0.05) is 0 Å². The van der Waals surface area contributed by atoms with Crippen LogP contribution in [0.5, 0.6) is 0 Å². The average molecular weight is 216 g/mol. The van der Waals surface area contributed by atoms with Crippen LogP contribution in [0.1, 0.15) is 0 Å². The van der Waals surface area contributed by atoms with E-state index in [1.807, 2.05) is 0 Å². The second-order valence-electron chi connectivity index (χ2n) is 1.80. The summed E-state index contributed by atoms with van der Waals surface area (Å²) in [5.74, 6) is -0.443. The van der Waals surface area contributed by atoms with Crippen molar-refractivity contribution in [1.82, 2.24) is 0 Å². The molecule has 0 aliphatic rings. The highest BCUT2D eigenvalue weighted by atomic mass is 79.9. The number of hydrogen-bond donors (Lipinski definition) is 0. The molecule has 1 aromatic carbocycles. The van der Waals surface area contributed by atoms with Gasteiger partial charge in [-0.25, -0.2) is 9.18 Å². The topological polar surface area (TPSA) is 29.4 Å². The smallest absolute Gasteiger partial charge is 0.211 e. The minimum Gasteiger partial charge on any atom is -0.211 e. The Morgan fingerprint density at radius 2 is 2.27 bits per heavy atom. The van der Waals surface area contributed by atoms with Crippen molar-refractivity contribution in [3.63, 3.8) is 0 Å². The first-order chi connectivity index (χ1) is 5.24. The van der Waals surface area contributed by atoms with Crippen LogP contribution in [0.2, 0.25) is 0 Å². The van der Waals surface area contributed by atoms with Crippen LogP contribution in [-0.2, 0) is 4.79 Å². The molecule has 0 atom stereocenters. The molecule has 0 saturated carbocycles. The zero-order valence-electron chi connectivity index (χ0n) is 5.34. The lowest BCUT2D eigenvalue weighted by molar-refractivity contribution is 0.565. The van der Waals surface area contributed by atoms with E-state index in [4.69, 9.17) is 0 Å². The summed E-state index contributed by atoms with van der Waals surface area (Å²) < 4.78 is 13.0. The van der Waals surface area contributed by atoms with Gasteiger partial charge >= 0.3 is 0 Å². The molecular weight excluding hydrogens is 213 g/mol. The van der Waals surface area contributed by atoms with Crippen LogP contribution >= 0.6 is 15.9 Å². The molecule has 1 rings (SSSR count). The average Bonchev–Trinajstić information content (AvgIpc) is 1.98. The molecule has 0 amide bonds. The molecule has 56 valence electrons. The van der Waals surface area contributed by atoms with Crippen LogP contribution in [0.4, 0.5) is 10.1 Å². The Labute approximate surface area is 70.9 Å². The summed E-state index contributed by atoms with van der Waals surface area (Å²) >= 11 is 2.97. The van der Waals surface area contributed by atoms with E-state index in [9.17, 15) is 9.18 Å². The van der Waals surface area contributed by atoms with E-state index >= 15 is 0 Å². The van der Waals surface area contributed by atoms with Crippen LogP contribution in [0.3, 0.4) is 0 Å². The molecule has 0 unspecified atom stereocenters. The second kappa shape index (κ2) is 3.42. The van der Waals surface area contributed by atoms with Gasteiger partial charge in [-0.15, -0.1) is 0 Å². The summed E-state index contributed by atoms with van der Waals surface area (Å²) in [5, 5.41) is 0. The number of benzene rings is 1. The van der Waals surface area contributed by atoms with Gasteiger partial charge in [0.2, 0.25) is 6.08 Å². The highest BCUT2D eigenvalue weighted by molar-refractivity contribution is 9.10. The molecule has 0 heterocycles. The maximum Gasteiger partial charge on any atom is 0.240 e. The molecule has 0 aliphatic heterocycles. The molecule has 2 nitrogen and oxygen atoms in total. The zero-order valence-corrected chi connectivity index (χ0v) is 6.93. The lowest BCUT2D eigenvalue weighted by atomic mass is 10.3. The first kappa shape index (κ1) is 8.11. The molecule has 0 saturated heterocycles.